The number of hydrogen-bond donors (Lipinski definition) is 1. The van der Waals surface area contributed by atoms with E-state index in [1.807, 2.05) is 4.90 Å². The zero-order valence-corrected chi connectivity index (χ0v) is 13.0. The number of halogens is 3. The molecular formula is C14H14F3N3O2S. The molecule has 124 valence electrons. The molecular weight excluding hydrogens is 331 g/mol. The second-order valence-electron chi connectivity index (χ2n) is 5.45. The maximum Gasteiger partial charge on any atom is 0.419 e. The SMILES string of the molecule is Cn1ncc(C(F)(F)F)c1CN1CCc2cc(C(=O)O)sc2C1. The molecule has 0 fully saturated rings. The van der Waals surface area contributed by atoms with E-state index in [1.54, 1.807) is 6.07 Å². The molecule has 0 atom stereocenters. The largest absolute Gasteiger partial charge is 0.477 e. The molecule has 3 heterocycles. The highest BCUT2D eigenvalue weighted by atomic mass is 32.1. The Labute approximate surface area is 133 Å². The third kappa shape index (κ3) is 3.11. The van der Waals surface area contributed by atoms with E-state index in [9.17, 15) is 18.0 Å². The predicted molar refractivity (Wildman–Crippen MR) is 77.3 cm³/mol. The summed E-state index contributed by atoms with van der Waals surface area (Å²) >= 11 is 1.19. The van der Waals surface area contributed by atoms with Crippen molar-refractivity contribution in [2.24, 2.45) is 7.05 Å². The molecule has 1 aliphatic heterocycles. The van der Waals surface area contributed by atoms with Crippen molar-refractivity contribution in [3.05, 3.63) is 38.8 Å². The van der Waals surface area contributed by atoms with Crippen LogP contribution < -0.4 is 0 Å². The number of carbonyl (C=O) groups is 1. The van der Waals surface area contributed by atoms with Crippen LogP contribution in [-0.2, 0) is 32.7 Å². The highest BCUT2D eigenvalue weighted by Crippen LogP contribution is 2.34. The summed E-state index contributed by atoms with van der Waals surface area (Å²) in [5.41, 5.74) is 0.379. The second-order valence-corrected chi connectivity index (χ2v) is 6.59. The molecule has 0 bridgehead atoms. The molecule has 0 radical (unpaired) electrons. The van der Waals surface area contributed by atoms with E-state index in [2.05, 4.69) is 5.10 Å². The van der Waals surface area contributed by atoms with Crippen molar-refractivity contribution in [2.45, 2.75) is 25.7 Å². The van der Waals surface area contributed by atoms with Crippen molar-refractivity contribution in [3.8, 4) is 0 Å². The molecule has 1 N–H and O–H groups in total. The van der Waals surface area contributed by atoms with Crippen LogP contribution in [0.15, 0.2) is 12.3 Å². The number of carboxylic acids is 1. The molecule has 0 amide bonds. The van der Waals surface area contributed by atoms with Crippen LogP contribution in [0.4, 0.5) is 13.2 Å². The Balaban J connectivity index is 1.80. The molecule has 3 rings (SSSR count). The number of aromatic nitrogens is 2. The van der Waals surface area contributed by atoms with Gasteiger partial charge in [0.15, 0.2) is 0 Å². The standard InChI is InChI=1S/C14H14F3N3O2S/c1-19-10(9(5-18-19)14(15,16)17)6-20-3-2-8-4-11(13(21)22)23-12(8)7-20/h4-5H,2-3,6-7H2,1H3,(H,21,22). The van der Waals surface area contributed by atoms with Gasteiger partial charge in [0.1, 0.15) is 4.88 Å². The Kier molecular flexibility index (Phi) is 3.93. The molecule has 0 unspecified atom stereocenters. The summed E-state index contributed by atoms with van der Waals surface area (Å²) in [4.78, 5) is 14.1. The van der Waals surface area contributed by atoms with Gasteiger partial charge >= 0.3 is 12.1 Å². The molecule has 9 heteroatoms. The number of hydrogen-bond acceptors (Lipinski definition) is 4. The van der Waals surface area contributed by atoms with Crippen LogP contribution in [0.25, 0.3) is 0 Å². The van der Waals surface area contributed by atoms with Crippen molar-refractivity contribution >= 4 is 17.3 Å². The van der Waals surface area contributed by atoms with Crippen LogP contribution in [0.3, 0.4) is 0 Å². The average molecular weight is 345 g/mol. The Morgan fingerprint density at radius 2 is 2.22 bits per heavy atom. The zero-order valence-electron chi connectivity index (χ0n) is 12.2. The lowest BCUT2D eigenvalue weighted by atomic mass is 10.1. The van der Waals surface area contributed by atoms with Gasteiger partial charge in [0.05, 0.1) is 17.5 Å². The summed E-state index contributed by atoms with van der Waals surface area (Å²) in [5, 5.41) is 12.7. The van der Waals surface area contributed by atoms with Gasteiger partial charge in [0.25, 0.3) is 0 Å². The number of rotatable bonds is 3. The van der Waals surface area contributed by atoms with Gasteiger partial charge in [-0.1, -0.05) is 0 Å². The fourth-order valence-corrected chi connectivity index (χ4v) is 3.81. The summed E-state index contributed by atoms with van der Waals surface area (Å²) in [6, 6.07) is 1.66. The van der Waals surface area contributed by atoms with Crippen molar-refractivity contribution < 1.29 is 23.1 Å². The Morgan fingerprint density at radius 1 is 1.48 bits per heavy atom. The van der Waals surface area contributed by atoms with E-state index in [4.69, 9.17) is 5.11 Å². The molecule has 0 spiro atoms. The van der Waals surface area contributed by atoms with Crippen LogP contribution in [-0.4, -0.2) is 32.3 Å². The lowest BCUT2D eigenvalue weighted by molar-refractivity contribution is -0.138. The first-order chi connectivity index (χ1) is 10.8. The van der Waals surface area contributed by atoms with Gasteiger partial charge in [-0.25, -0.2) is 4.79 Å². The highest BCUT2D eigenvalue weighted by Gasteiger charge is 2.36. The van der Waals surface area contributed by atoms with Crippen molar-refractivity contribution in [2.75, 3.05) is 6.54 Å². The quantitative estimate of drug-likeness (QED) is 0.929. The molecule has 2 aromatic rings. The normalized spacial score (nSPS) is 15.7. The van der Waals surface area contributed by atoms with E-state index in [0.717, 1.165) is 16.6 Å². The van der Waals surface area contributed by atoms with Gasteiger partial charge in [-0.2, -0.15) is 18.3 Å². The zero-order chi connectivity index (χ0) is 16.8. The molecule has 5 nitrogen and oxygen atoms in total. The summed E-state index contributed by atoms with van der Waals surface area (Å²) < 4.78 is 40.3. The van der Waals surface area contributed by atoms with Crippen LogP contribution in [0, 0.1) is 0 Å². The number of aromatic carboxylic acids is 1. The van der Waals surface area contributed by atoms with Gasteiger partial charge in [0, 0.05) is 31.6 Å². The molecule has 0 saturated heterocycles. The number of thiophene rings is 1. The van der Waals surface area contributed by atoms with Crippen LogP contribution in [0.5, 0.6) is 0 Å². The molecule has 0 aromatic carbocycles. The third-order valence-corrected chi connectivity index (χ3v) is 5.06. The van der Waals surface area contributed by atoms with Gasteiger partial charge in [-0.15, -0.1) is 11.3 Å². The number of aryl methyl sites for hydroxylation is 1. The van der Waals surface area contributed by atoms with E-state index >= 15 is 0 Å². The average Bonchev–Trinajstić information content (AvgIpc) is 3.02. The number of alkyl halides is 3. The summed E-state index contributed by atoms with van der Waals surface area (Å²) in [7, 11) is 1.49. The summed E-state index contributed by atoms with van der Waals surface area (Å²) in [6.07, 6.45) is -2.94. The minimum atomic E-state index is -4.43. The molecule has 0 aliphatic carbocycles. The Hall–Kier alpha value is -1.87. The Morgan fingerprint density at radius 3 is 2.87 bits per heavy atom. The minimum Gasteiger partial charge on any atom is -0.477 e. The first-order valence-electron chi connectivity index (χ1n) is 6.91. The smallest absolute Gasteiger partial charge is 0.419 e. The van der Waals surface area contributed by atoms with Gasteiger partial charge < -0.3 is 5.11 Å². The van der Waals surface area contributed by atoms with Crippen molar-refractivity contribution in [1.82, 2.24) is 14.7 Å². The van der Waals surface area contributed by atoms with Crippen LogP contribution in [0.1, 0.15) is 31.4 Å². The maximum atomic E-state index is 13.0. The lowest BCUT2D eigenvalue weighted by Crippen LogP contribution is -2.30. The van der Waals surface area contributed by atoms with E-state index in [-0.39, 0.29) is 17.1 Å². The molecule has 0 saturated carbocycles. The topological polar surface area (TPSA) is 58.4 Å². The molecule has 1 aliphatic rings. The summed E-state index contributed by atoms with van der Waals surface area (Å²) in [6.45, 7) is 1.17. The predicted octanol–water partition coefficient (Wildman–Crippen LogP) is 2.76. The first kappa shape index (κ1) is 16.0. The van der Waals surface area contributed by atoms with Gasteiger partial charge in [0.2, 0.25) is 0 Å². The monoisotopic (exact) mass is 345 g/mol. The van der Waals surface area contributed by atoms with Crippen molar-refractivity contribution in [3.63, 3.8) is 0 Å². The third-order valence-electron chi connectivity index (χ3n) is 3.91. The lowest BCUT2D eigenvalue weighted by Gasteiger charge is -2.27. The first-order valence-corrected chi connectivity index (χ1v) is 7.72. The fraction of sp³-hybridized carbons (Fsp3) is 0.429. The maximum absolute atomic E-state index is 13.0. The van der Waals surface area contributed by atoms with Crippen molar-refractivity contribution in [1.29, 1.82) is 0 Å². The van der Waals surface area contributed by atoms with E-state index in [0.29, 0.717) is 19.5 Å². The van der Waals surface area contributed by atoms with E-state index in [1.165, 1.54) is 23.1 Å². The number of nitrogens with zero attached hydrogens (tertiary/aromatic N) is 3. The molecule has 2 aromatic heterocycles. The highest BCUT2D eigenvalue weighted by molar-refractivity contribution is 7.14. The van der Waals surface area contributed by atoms with Gasteiger partial charge in [-0.05, 0) is 18.1 Å². The Bertz CT molecular complexity index is 751. The molecule has 23 heavy (non-hydrogen) atoms. The minimum absolute atomic E-state index is 0.121. The number of carboxylic acid groups (broad SMARTS) is 1. The van der Waals surface area contributed by atoms with Crippen LogP contribution in [0.2, 0.25) is 0 Å². The number of fused-ring (bicyclic) bond motifs is 1. The summed E-state index contributed by atoms with van der Waals surface area (Å²) in [5.74, 6) is -0.970. The van der Waals surface area contributed by atoms with Crippen LogP contribution >= 0.6 is 11.3 Å². The van der Waals surface area contributed by atoms with E-state index < -0.39 is 17.7 Å². The van der Waals surface area contributed by atoms with Gasteiger partial charge in [-0.3, -0.25) is 9.58 Å². The second kappa shape index (κ2) is 5.64. The fourth-order valence-electron chi connectivity index (χ4n) is 2.71.